The van der Waals surface area contributed by atoms with Gasteiger partial charge in [0.05, 0.1) is 5.56 Å². The van der Waals surface area contributed by atoms with Gasteiger partial charge in [-0.1, -0.05) is 35.5 Å². The van der Waals surface area contributed by atoms with Gasteiger partial charge in [0.25, 0.3) is 0 Å². The van der Waals surface area contributed by atoms with Gasteiger partial charge in [-0.05, 0) is 42.0 Å². The highest BCUT2D eigenvalue weighted by Gasteiger charge is 2.28. The van der Waals surface area contributed by atoms with Crippen LogP contribution in [0.25, 0.3) is 0 Å². The maximum absolute atomic E-state index is 12.3. The first-order valence-corrected chi connectivity index (χ1v) is 8.83. The molecule has 0 radical (unpaired) electrons. The minimum Gasteiger partial charge on any atom is -0.484 e. The highest BCUT2D eigenvalue weighted by Crippen LogP contribution is 2.23. The number of pyridine rings is 1. The van der Waals surface area contributed by atoms with E-state index in [1.54, 1.807) is 42.6 Å². The minimum atomic E-state index is -4.41. The summed E-state index contributed by atoms with van der Waals surface area (Å²) in [5.74, 6) is 0.965. The van der Waals surface area contributed by atoms with Crippen LogP contribution in [0.1, 0.15) is 11.1 Å². The minimum absolute atomic E-state index is 0.0148. The van der Waals surface area contributed by atoms with Crippen molar-refractivity contribution in [3.05, 3.63) is 84.1 Å². The Bertz CT molecular complexity index is 995. The molecule has 0 bridgehead atoms. The smallest absolute Gasteiger partial charge is 0.422 e. The molecule has 0 spiro atoms. The van der Waals surface area contributed by atoms with Crippen LogP contribution in [0.4, 0.5) is 13.2 Å². The van der Waals surface area contributed by atoms with E-state index in [9.17, 15) is 13.2 Å². The van der Waals surface area contributed by atoms with E-state index in [1.807, 2.05) is 18.2 Å². The van der Waals surface area contributed by atoms with Crippen molar-refractivity contribution in [3.8, 4) is 17.4 Å². The zero-order valence-electron chi connectivity index (χ0n) is 15.7. The van der Waals surface area contributed by atoms with E-state index in [0.717, 1.165) is 0 Å². The van der Waals surface area contributed by atoms with Crippen LogP contribution in [-0.4, -0.2) is 23.6 Å². The summed E-state index contributed by atoms with van der Waals surface area (Å²) in [6.07, 6.45) is -2.85. The van der Waals surface area contributed by atoms with Gasteiger partial charge < -0.3 is 20.0 Å². The van der Waals surface area contributed by atoms with Crippen molar-refractivity contribution in [2.45, 2.75) is 12.8 Å². The molecule has 2 aromatic carbocycles. The third kappa shape index (κ3) is 6.40. The second-order valence-corrected chi connectivity index (χ2v) is 6.07. The first kappa shape index (κ1) is 21.0. The van der Waals surface area contributed by atoms with Crippen LogP contribution in [0.15, 0.2) is 78.1 Å². The molecule has 0 unspecified atom stereocenters. The Kier molecular flexibility index (Phi) is 6.74. The zero-order valence-corrected chi connectivity index (χ0v) is 15.7. The number of nitrogens with two attached hydrogens (primary N) is 1. The van der Waals surface area contributed by atoms with Crippen LogP contribution in [0.2, 0.25) is 0 Å². The Balaban J connectivity index is 1.64. The predicted octanol–water partition coefficient (Wildman–Crippen LogP) is 4.65. The number of alkyl halides is 3. The Labute approximate surface area is 170 Å². The van der Waals surface area contributed by atoms with Crippen LogP contribution >= 0.6 is 0 Å². The van der Waals surface area contributed by atoms with Gasteiger partial charge in [0, 0.05) is 6.20 Å². The highest BCUT2D eigenvalue weighted by atomic mass is 19.4. The topological polar surface area (TPSA) is 79.0 Å². The molecular formula is C21H18F3N3O3. The van der Waals surface area contributed by atoms with Crippen molar-refractivity contribution >= 4 is 5.84 Å². The molecule has 2 N–H and O–H groups in total. The number of para-hydroxylation sites is 1. The van der Waals surface area contributed by atoms with E-state index in [0.29, 0.717) is 16.9 Å². The first-order chi connectivity index (χ1) is 14.4. The molecule has 0 fully saturated rings. The lowest BCUT2D eigenvalue weighted by atomic mass is 10.2. The summed E-state index contributed by atoms with van der Waals surface area (Å²) in [6, 6.07) is 18.5. The third-order valence-electron chi connectivity index (χ3n) is 3.70. The van der Waals surface area contributed by atoms with Crippen LogP contribution < -0.4 is 15.2 Å². The van der Waals surface area contributed by atoms with Gasteiger partial charge in [-0.2, -0.15) is 13.2 Å². The summed E-state index contributed by atoms with van der Waals surface area (Å²) in [5, 5.41) is 3.86. The average molecular weight is 417 g/mol. The number of oxime groups is 1. The van der Waals surface area contributed by atoms with Gasteiger partial charge in [0.2, 0.25) is 5.88 Å². The predicted molar refractivity (Wildman–Crippen MR) is 104 cm³/mol. The van der Waals surface area contributed by atoms with Crippen molar-refractivity contribution < 1.29 is 27.5 Å². The Morgan fingerprint density at radius 1 is 0.967 bits per heavy atom. The monoisotopic (exact) mass is 417 g/mol. The van der Waals surface area contributed by atoms with Gasteiger partial charge in [0.1, 0.15) is 18.1 Å². The maximum atomic E-state index is 12.3. The molecular weight excluding hydrogens is 399 g/mol. The maximum Gasteiger partial charge on any atom is 0.422 e. The number of hydrogen-bond acceptors (Lipinski definition) is 5. The normalized spacial score (nSPS) is 11.8. The summed E-state index contributed by atoms with van der Waals surface area (Å²) in [5.41, 5.74) is 7.00. The molecule has 0 saturated heterocycles. The fourth-order valence-corrected chi connectivity index (χ4v) is 2.38. The van der Waals surface area contributed by atoms with Crippen molar-refractivity contribution in [1.29, 1.82) is 0 Å². The van der Waals surface area contributed by atoms with Crippen LogP contribution in [-0.2, 0) is 11.4 Å². The number of amidine groups is 1. The standard InChI is InChI=1S/C21H18F3N3O3/c22-21(23,24)14-28-17-9-4-6-15(12-17)13-29-27-19(25)18-10-5-11-26-20(18)30-16-7-2-1-3-8-16/h1-12H,13-14H2,(H2,25,27). The summed E-state index contributed by atoms with van der Waals surface area (Å²) in [7, 11) is 0. The van der Waals surface area contributed by atoms with E-state index in [2.05, 4.69) is 10.1 Å². The lowest BCUT2D eigenvalue weighted by Crippen LogP contribution is -2.19. The fourth-order valence-electron chi connectivity index (χ4n) is 2.38. The number of nitrogens with zero attached hydrogens (tertiary/aromatic N) is 2. The summed E-state index contributed by atoms with van der Waals surface area (Å²) < 4.78 is 47.2. The van der Waals surface area contributed by atoms with E-state index in [4.69, 9.17) is 20.0 Å². The number of rotatable bonds is 8. The molecule has 0 aliphatic carbocycles. The molecule has 6 nitrogen and oxygen atoms in total. The number of benzene rings is 2. The fraction of sp³-hybridized carbons (Fsp3) is 0.143. The lowest BCUT2D eigenvalue weighted by Gasteiger charge is -2.10. The quantitative estimate of drug-likeness (QED) is 0.328. The Morgan fingerprint density at radius 2 is 1.73 bits per heavy atom. The van der Waals surface area contributed by atoms with Crippen molar-refractivity contribution in [2.75, 3.05) is 6.61 Å². The molecule has 0 saturated carbocycles. The van der Waals surface area contributed by atoms with Gasteiger partial charge in [-0.25, -0.2) is 4.98 Å². The largest absolute Gasteiger partial charge is 0.484 e. The molecule has 9 heteroatoms. The van der Waals surface area contributed by atoms with Gasteiger partial charge in [-0.3, -0.25) is 0 Å². The van der Waals surface area contributed by atoms with Crippen molar-refractivity contribution in [3.63, 3.8) is 0 Å². The molecule has 30 heavy (non-hydrogen) atoms. The second-order valence-electron chi connectivity index (χ2n) is 6.07. The van der Waals surface area contributed by atoms with E-state index in [1.165, 1.54) is 12.1 Å². The molecule has 3 aromatic rings. The van der Waals surface area contributed by atoms with Crippen LogP contribution in [0, 0.1) is 0 Å². The number of halogens is 3. The molecule has 1 aromatic heterocycles. The van der Waals surface area contributed by atoms with Gasteiger partial charge in [-0.15, -0.1) is 0 Å². The Morgan fingerprint density at radius 3 is 2.50 bits per heavy atom. The van der Waals surface area contributed by atoms with E-state index in [-0.39, 0.29) is 24.1 Å². The molecule has 1 heterocycles. The summed E-state index contributed by atoms with van der Waals surface area (Å²) in [4.78, 5) is 9.41. The second kappa shape index (κ2) is 9.64. The number of hydrogen-bond donors (Lipinski definition) is 1. The van der Waals surface area contributed by atoms with E-state index >= 15 is 0 Å². The first-order valence-electron chi connectivity index (χ1n) is 8.83. The number of ether oxygens (including phenoxy) is 2. The summed E-state index contributed by atoms with van der Waals surface area (Å²) >= 11 is 0. The van der Waals surface area contributed by atoms with Crippen LogP contribution in [0.3, 0.4) is 0 Å². The summed E-state index contributed by atoms with van der Waals surface area (Å²) in [6.45, 7) is -1.38. The van der Waals surface area contributed by atoms with E-state index < -0.39 is 12.8 Å². The third-order valence-corrected chi connectivity index (χ3v) is 3.70. The van der Waals surface area contributed by atoms with Crippen LogP contribution in [0.5, 0.6) is 17.4 Å². The molecule has 3 rings (SSSR count). The van der Waals surface area contributed by atoms with Crippen molar-refractivity contribution in [2.24, 2.45) is 10.9 Å². The molecule has 0 atom stereocenters. The SMILES string of the molecule is N/C(=N\OCc1cccc(OCC(F)(F)F)c1)c1cccnc1Oc1ccccc1. The average Bonchev–Trinajstić information content (AvgIpc) is 2.73. The molecule has 0 aliphatic heterocycles. The highest BCUT2D eigenvalue weighted by molar-refractivity contribution is 5.99. The Hall–Kier alpha value is -3.75. The molecule has 156 valence electrons. The number of aromatic nitrogens is 1. The lowest BCUT2D eigenvalue weighted by molar-refractivity contribution is -0.153. The van der Waals surface area contributed by atoms with Gasteiger partial charge in [0.15, 0.2) is 12.4 Å². The molecule has 0 amide bonds. The molecule has 0 aliphatic rings. The van der Waals surface area contributed by atoms with Crippen molar-refractivity contribution in [1.82, 2.24) is 4.98 Å². The van der Waals surface area contributed by atoms with Gasteiger partial charge >= 0.3 is 6.18 Å². The zero-order chi connectivity index (χ0) is 21.4.